The van der Waals surface area contributed by atoms with Gasteiger partial charge >= 0.3 is 5.69 Å². The monoisotopic (exact) mass is 599 g/mol. The van der Waals surface area contributed by atoms with Gasteiger partial charge in [-0.15, -0.1) is 0 Å². The highest BCUT2D eigenvalue weighted by atomic mass is 16.8. The van der Waals surface area contributed by atoms with Crippen LogP contribution in [0, 0.1) is 0 Å². The minimum absolute atomic E-state index is 0.276. The average molecular weight is 600 g/mol. The predicted molar refractivity (Wildman–Crippen MR) is 164 cm³/mol. The minimum atomic E-state index is -1.02. The van der Waals surface area contributed by atoms with Crippen molar-refractivity contribution in [3.05, 3.63) is 118 Å². The van der Waals surface area contributed by atoms with Gasteiger partial charge in [0.1, 0.15) is 40.7 Å². The molecule has 0 aliphatic carbocycles. The van der Waals surface area contributed by atoms with E-state index in [4.69, 9.17) is 23.7 Å². The highest BCUT2D eigenvalue weighted by Crippen LogP contribution is 2.50. The lowest BCUT2D eigenvalue weighted by molar-refractivity contribution is -0.218. The summed E-state index contributed by atoms with van der Waals surface area (Å²) >= 11 is 0. The molecule has 3 aromatic carbocycles. The molecule has 0 amide bonds. The number of aromatic nitrogens is 2. The number of rotatable bonds is 9. The van der Waals surface area contributed by atoms with Gasteiger partial charge in [0, 0.05) is 6.20 Å². The van der Waals surface area contributed by atoms with Crippen LogP contribution in [0.25, 0.3) is 0 Å². The van der Waals surface area contributed by atoms with E-state index in [1.54, 1.807) is 40.3 Å². The molecule has 2 aliphatic rings. The van der Waals surface area contributed by atoms with Gasteiger partial charge < -0.3 is 34.1 Å². The van der Waals surface area contributed by atoms with Gasteiger partial charge in [-0.25, -0.2) is 4.79 Å². The Bertz CT molecular complexity index is 1610. The van der Waals surface area contributed by atoms with Gasteiger partial charge in [-0.3, -0.25) is 4.57 Å². The highest BCUT2D eigenvalue weighted by Gasteiger charge is 2.64. The Balaban J connectivity index is 1.46. The zero-order chi connectivity index (χ0) is 31.1. The fourth-order valence-corrected chi connectivity index (χ4v) is 6.46. The number of nitrogens with zero attached hydrogens (tertiary/aromatic N) is 2. The smallest absolute Gasteiger partial charge is 0.351 e. The first-order valence-corrected chi connectivity index (χ1v) is 14.5. The second kappa shape index (κ2) is 11.4. The maximum Gasteiger partial charge on any atom is 0.351 e. The number of fused-ring (bicyclic) bond motifs is 1. The number of methoxy groups -OCH3 is 2. The third-order valence-electron chi connectivity index (χ3n) is 8.40. The molecular formula is C34H37N3O7. The third-order valence-corrected chi connectivity index (χ3v) is 8.40. The Kier molecular flexibility index (Phi) is 7.71. The maximum absolute atomic E-state index is 13.7. The second-order valence-electron chi connectivity index (χ2n) is 11.6. The van der Waals surface area contributed by atoms with E-state index in [1.165, 1.54) is 4.57 Å². The summed E-state index contributed by atoms with van der Waals surface area (Å²) in [6, 6.07) is 27.3. The summed E-state index contributed by atoms with van der Waals surface area (Å²) in [6.07, 6.45) is -0.445. The van der Waals surface area contributed by atoms with Crippen molar-refractivity contribution < 1.29 is 28.8 Å². The van der Waals surface area contributed by atoms with Gasteiger partial charge in [-0.2, -0.15) is 4.98 Å². The maximum atomic E-state index is 13.7. The third kappa shape index (κ3) is 5.03. The number of ether oxygens (including phenoxy) is 5. The molecule has 0 saturated carbocycles. The second-order valence-corrected chi connectivity index (χ2v) is 11.6. The lowest BCUT2D eigenvalue weighted by atomic mass is 9.77. The molecule has 1 aromatic heterocycles. The SMILES string of the molecule is COc1ccc(C(Nc2ccn([C@@H]3O[C@H](CO)C4OC(C)(C)O[C@@]43C)c(=O)n2)(c2ccccc2)c2ccc(OC)cc2)cc1. The number of aliphatic hydroxyl groups is 1. The molecule has 0 bridgehead atoms. The van der Waals surface area contributed by atoms with Crippen molar-refractivity contribution >= 4 is 5.82 Å². The molecule has 44 heavy (non-hydrogen) atoms. The van der Waals surface area contributed by atoms with Crippen molar-refractivity contribution in [1.82, 2.24) is 9.55 Å². The van der Waals surface area contributed by atoms with E-state index >= 15 is 0 Å². The van der Waals surface area contributed by atoms with Gasteiger partial charge in [0.15, 0.2) is 12.0 Å². The van der Waals surface area contributed by atoms with Crippen LogP contribution in [0.1, 0.15) is 43.7 Å². The Morgan fingerprint density at radius 1 is 0.886 bits per heavy atom. The molecule has 230 valence electrons. The molecule has 2 fully saturated rings. The van der Waals surface area contributed by atoms with Crippen LogP contribution in [-0.2, 0) is 19.7 Å². The molecular weight excluding hydrogens is 562 g/mol. The largest absolute Gasteiger partial charge is 0.497 e. The zero-order valence-corrected chi connectivity index (χ0v) is 25.4. The van der Waals surface area contributed by atoms with Gasteiger partial charge in [-0.05, 0) is 67.8 Å². The summed E-state index contributed by atoms with van der Waals surface area (Å²) < 4.78 is 30.7. The van der Waals surface area contributed by atoms with Gasteiger partial charge in [0.05, 0.1) is 20.8 Å². The molecule has 2 aliphatic heterocycles. The molecule has 0 spiro atoms. The van der Waals surface area contributed by atoms with E-state index in [0.717, 1.165) is 28.2 Å². The van der Waals surface area contributed by atoms with Gasteiger partial charge in [0.25, 0.3) is 0 Å². The molecule has 2 N–H and O–H groups in total. The van der Waals surface area contributed by atoms with Gasteiger partial charge in [-0.1, -0.05) is 54.6 Å². The highest BCUT2D eigenvalue weighted by molar-refractivity contribution is 5.59. The van der Waals surface area contributed by atoms with Crippen molar-refractivity contribution in [2.45, 2.75) is 56.1 Å². The number of aliphatic hydroxyl groups excluding tert-OH is 1. The van der Waals surface area contributed by atoms with Crippen molar-refractivity contribution in [3.63, 3.8) is 0 Å². The number of anilines is 1. The van der Waals surface area contributed by atoms with Crippen LogP contribution in [-0.4, -0.2) is 59.1 Å². The average Bonchev–Trinajstić information content (AvgIpc) is 3.44. The molecule has 4 atom stereocenters. The zero-order valence-electron chi connectivity index (χ0n) is 25.4. The standard InChI is InChI=1S/C34H37N3O7/c1-32(2)43-29-27(21-38)42-30(33(29,3)44-32)37-20-19-28(35-31(37)39)36-34(22-9-7-6-8-10-22,23-11-15-25(40-4)16-12-23)24-13-17-26(41-5)18-14-24/h6-20,27,29-30,38H,21H2,1-5H3,(H,35,36,39)/t27-,29?,30-,33+/m1/s1. The Hall–Kier alpha value is -4.22. The summed E-state index contributed by atoms with van der Waals surface area (Å²) in [5.74, 6) is 0.887. The van der Waals surface area contributed by atoms with Crippen molar-refractivity contribution in [2.24, 2.45) is 0 Å². The van der Waals surface area contributed by atoms with Crippen LogP contribution in [0.4, 0.5) is 5.82 Å². The molecule has 3 heterocycles. The van der Waals surface area contributed by atoms with Crippen LogP contribution >= 0.6 is 0 Å². The molecule has 2 saturated heterocycles. The Morgan fingerprint density at radius 3 is 1.98 bits per heavy atom. The van der Waals surface area contributed by atoms with E-state index in [9.17, 15) is 9.90 Å². The van der Waals surface area contributed by atoms with E-state index in [1.807, 2.05) is 85.8 Å². The van der Waals surface area contributed by atoms with Crippen LogP contribution in [0.15, 0.2) is 95.9 Å². The quantitative estimate of drug-likeness (QED) is 0.269. The van der Waals surface area contributed by atoms with E-state index < -0.39 is 41.1 Å². The normalized spacial score (nSPS) is 24.1. The predicted octanol–water partition coefficient (Wildman–Crippen LogP) is 4.46. The van der Waals surface area contributed by atoms with Crippen molar-refractivity contribution in [2.75, 3.05) is 26.1 Å². The molecule has 10 nitrogen and oxygen atoms in total. The van der Waals surface area contributed by atoms with Crippen molar-refractivity contribution in [3.8, 4) is 11.5 Å². The topological polar surface area (TPSA) is 113 Å². The van der Waals surface area contributed by atoms with Crippen LogP contribution < -0.4 is 20.5 Å². The first kappa shape index (κ1) is 29.8. The fraction of sp³-hybridized carbons (Fsp3) is 0.353. The molecule has 4 aromatic rings. The summed E-state index contributed by atoms with van der Waals surface area (Å²) in [4.78, 5) is 18.2. The van der Waals surface area contributed by atoms with E-state index in [-0.39, 0.29) is 6.61 Å². The van der Waals surface area contributed by atoms with Crippen molar-refractivity contribution in [1.29, 1.82) is 0 Å². The minimum Gasteiger partial charge on any atom is -0.497 e. The fourth-order valence-electron chi connectivity index (χ4n) is 6.46. The summed E-state index contributed by atoms with van der Waals surface area (Å²) in [6.45, 7) is 5.16. The lowest BCUT2D eigenvalue weighted by Crippen LogP contribution is -2.45. The summed E-state index contributed by atoms with van der Waals surface area (Å²) in [5.41, 5.74) is 0.218. The first-order chi connectivity index (χ1) is 21.1. The Labute approximate surface area is 256 Å². The Morgan fingerprint density at radius 2 is 1.45 bits per heavy atom. The van der Waals surface area contributed by atoms with Crippen LogP contribution in [0.5, 0.6) is 11.5 Å². The van der Waals surface area contributed by atoms with Crippen LogP contribution in [0.2, 0.25) is 0 Å². The molecule has 0 radical (unpaired) electrons. The number of hydrogen-bond donors (Lipinski definition) is 2. The molecule has 10 heteroatoms. The first-order valence-electron chi connectivity index (χ1n) is 14.5. The van der Waals surface area contributed by atoms with E-state index in [0.29, 0.717) is 5.82 Å². The summed E-state index contributed by atoms with van der Waals surface area (Å²) in [7, 11) is 3.26. The number of benzene rings is 3. The molecule has 1 unspecified atom stereocenters. The van der Waals surface area contributed by atoms with E-state index in [2.05, 4.69) is 10.3 Å². The lowest BCUT2D eigenvalue weighted by Gasteiger charge is -2.37. The molecule has 6 rings (SSSR count). The van der Waals surface area contributed by atoms with Gasteiger partial charge in [0.2, 0.25) is 0 Å². The van der Waals surface area contributed by atoms with Crippen LogP contribution in [0.3, 0.4) is 0 Å². The summed E-state index contributed by atoms with van der Waals surface area (Å²) in [5, 5.41) is 13.6. The number of hydrogen-bond acceptors (Lipinski definition) is 9. The number of nitrogens with one attached hydrogen (secondary N) is 1.